The van der Waals surface area contributed by atoms with E-state index in [4.69, 9.17) is 0 Å². The highest BCUT2D eigenvalue weighted by Crippen LogP contribution is 2.17. The minimum absolute atomic E-state index is 0.0980. The largest absolute Gasteiger partial charge is 0.339 e. The quantitative estimate of drug-likeness (QED) is 0.892. The summed E-state index contributed by atoms with van der Waals surface area (Å²) in [4.78, 5) is 26.2. The van der Waals surface area contributed by atoms with Gasteiger partial charge in [-0.3, -0.25) is 4.79 Å². The smallest absolute Gasteiger partial charge is 0.315 e. The molecule has 0 aromatic heterocycles. The number of nitrogens with zero attached hydrogens (tertiary/aromatic N) is 1. The van der Waals surface area contributed by atoms with Crippen LogP contribution in [0.2, 0.25) is 0 Å². The molecule has 3 amide bonds. The van der Waals surface area contributed by atoms with Gasteiger partial charge in [-0.2, -0.15) is 0 Å². The van der Waals surface area contributed by atoms with Crippen LogP contribution in [0.15, 0.2) is 24.3 Å². The average molecular weight is 329 g/mol. The average Bonchev–Trinajstić information content (AvgIpc) is 3.15. The number of carbonyl (C=O) groups is 2. The number of hydrogen-bond acceptors (Lipinski definition) is 2. The van der Waals surface area contributed by atoms with Gasteiger partial charge in [0.2, 0.25) is 0 Å². The molecule has 0 radical (unpaired) electrons. The van der Waals surface area contributed by atoms with E-state index in [1.807, 2.05) is 29.2 Å². The fourth-order valence-electron chi connectivity index (χ4n) is 3.53. The highest BCUT2D eigenvalue weighted by molar-refractivity contribution is 5.94. The number of benzene rings is 1. The van der Waals surface area contributed by atoms with Crippen molar-refractivity contribution in [1.82, 2.24) is 15.5 Å². The second-order valence-electron chi connectivity index (χ2n) is 6.86. The van der Waals surface area contributed by atoms with E-state index in [1.165, 1.54) is 19.3 Å². The van der Waals surface area contributed by atoms with Crippen molar-refractivity contribution >= 4 is 11.9 Å². The SMILES string of the molecule is O=C(NCc1ccc(C(=O)N2CCCC2)cc1)NC1CCCCC1. The van der Waals surface area contributed by atoms with Crippen molar-refractivity contribution in [2.24, 2.45) is 0 Å². The highest BCUT2D eigenvalue weighted by Gasteiger charge is 2.19. The van der Waals surface area contributed by atoms with E-state index in [1.54, 1.807) is 0 Å². The second-order valence-corrected chi connectivity index (χ2v) is 6.86. The van der Waals surface area contributed by atoms with Crippen LogP contribution in [0.1, 0.15) is 60.9 Å². The van der Waals surface area contributed by atoms with Gasteiger partial charge in [-0.25, -0.2) is 4.79 Å². The first-order chi connectivity index (χ1) is 11.7. The predicted molar refractivity (Wildman–Crippen MR) is 93.8 cm³/mol. The molecule has 1 aliphatic heterocycles. The normalized spacial score (nSPS) is 18.4. The van der Waals surface area contributed by atoms with Crippen LogP contribution >= 0.6 is 0 Å². The van der Waals surface area contributed by atoms with E-state index >= 15 is 0 Å². The van der Waals surface area contributed by atoms with Gasteiger partial charge in [0.05, 0.1) is 0 Å². The van der Waals surface area contributed by atoms with Crippen molar-refractivity contribution < 1.29 is 9.59 Å². The lowest BCUT2D eigenvalue weighted by atomic mass is 9.96. The van der Waals surface area contributed by atoms with Crippen molar-refractivity contribution in [1.29, 1.82) is 0 Å². The molecule has 0 spiro atoms. The molecular weight excluding hydrogens is 302 g/mol. The summed E-state index contributed by atoms with van der Waals surface area (Å²) in [5.41, 5.74) is 1.74. The van der Waals surface area contributed by atoms with Gasteiger partial charge in [0.25, 0.3) is 5.91 Å². The number of rotatable bonds is 4. The maximum absolute atomic E-state index is 12.3. The lowest BCUT2D eigenvalue weighted by molar-refractivity contribution is 0.0793. The third kappa shape index (κ3) is 4.49. The molecule has 0 bridgehead atoms. The summed E-state index contributed by atoms with van der Waals surface area (Å²) in [6.45, 7) is 2.21. The Morgan fingerprint density at radius 2 is 1.62 bits per heavy atom. The van der Waals surface area contributed by atoms with Gasteiger partial charge in [0.15, 0.2) is 0 Å². The Morgan fingerprint density at radius 1 is 0.958 bits per heavy atom. The first kappa shape index (κ1) is 16.8. The molecule has 5 nitrogen and oxygen atoms in total. The second kappa shape index (κ2) is 8.18. The number of nitrogens with one attached hydrogen (secondary N) is 2. The molecule has 1 heterocycles. The minimum atomic E-state index is -0.0980. The molecular formula is C19H27N3O2. The third-order valence-corrected chi connectivity index (χ3v) is 4.99. The number of urea groups is 1. The Morgan fingerprint density at radius 3 is 2.29 bits per heavy atom. The molecule has 1 aromatic rings. The Hall–Kier alpha value is -2.04. The first-order valence-electron chi connectivity index (χ1n) is 9.15. The van der Waals surface area contributed by atoms with Crippen molar-refractivity contribution in [2.75, 3.05) is 13.1 Å². The molecule has 1 aromatic carbocycles. The lowest BCUT2D eigenvalue weighted by Crippen LogP contribution is -2.42. The summed E-state index contributed by atoms with van der Waals surface area (Å²) < 4.78 is 0. The molecule has 1 aliphatic carbocycles. The zero-order chi connectivity index (χ0) is 16.8. The van der Waals surface area contributed by atoms with E-state index in [9.17, 15) is 9.59 Å². The van der Waals surface area contributed by atoms with Crippen LogP contribution in [0.5, 0.6) is 0 Å². The van der Waals surface area contributed by atoms with Crippen LogP contribution in [-0.4, -0.2) is 36.0 Å². The number of hydrogen-bond donors (Lipinski definition) is 2. The van der Waals surface area contributed by atoms with E-state index < -0.39 is 0 Å². The third-order valence-electron chi connectivity index (χ3n) is 4.99. The Kier molecular flexibility index (Phi) is 5.72. The maximum atomic E-state index is 12.3. The van der Waals surface area contributed by atoms with Gasteiger partial charge < -0.3 is 15.5 Å². The molecule has 2 fully saturated rings. The van der Waals surface area contributed by atoms with Crippen LogP contribution in [0.25, 0.3) is 0 Å². The lowest BCUT2D eigenvalue weighted by Gasteiger charge is -2.22. The van der Waals surface area contributed by atoms with Gasteiger partial charge in [0, 0.05) is 31.2 Å². The van der Waals surface area contributed by atoms with Gasteiger partial charge in [-0.05, 0) is 43.4 Å². The van der Waals surface area contributed by atoms with Gasteiger partial charge >= 0.3 is 6.03 Å². The van der Waals surface area contributed by atoms with E-state index in [0.717, 1.165) is 49.9 Å². The summed E-state index contributed by atoms with van der Waals surface area (Å²) in [5, 5.41) is 5.95. The van der Waals surface area contributed by atoms with Crippen molar-refractivity contribution in [3.05, 3.63) is 35.4 Å². The molecule has 1 saturated carbocycles. The Labute approximate surface area is 143 Å². The Balaban J connectivity index is 1.45. The fourth-order valence-corrected chi connectivity index (χ4v) is 3.53. The van der Waals surface area contributed by atoms with Crippen LogP contribution < -0.4 is 10.6 Å². The molecule has 0 unspecified atom stereocenters. The Bertz CT molecular complexity index is 558. The molecule has 0 atom stereocenters. The van der Waals surface area contributed by atoms with E-state index in [0.29, 0.717) is 12.6 Å². The summed E-state index contributed by atoms with van der Waals surface area (Å²) in [6.07, 6.45) is 8.06. The standard InChI is InChI=1S/C19H27N3O2/c23-18(22-12-4-5-13-22)16-10-8-15(9-11-16)14-20-19(24)21-17-6-2-1-3-7-17/h8-11,17H,1-7,12-14H2,(H2,20,21,24). The molecule has 2 aliphatic rings. The molecule has 24 heavy (non-hydrogen) atoms. The fraction of sp³-hybridized carbons (Fsp3) is 0.579. The number of amides is 3. The number of likely N-dealkylation sites (tertiary alicyclic amines) is 1. The molecule has 130 valence electrons. The van der Waals surface area contributed by atoms with Crippen molar-refractivity contribution in [3.8, 4) is 0 Å². The topological polar surface area (TPSA) is 61.4 Å². The van der Waals surface area contributed by atoms with Gasteiger partial charge in [-0.15, -0.1) is 0 Å². The first-order valence-corrected chi connectivity index (χ1v) is 9.15. The zero-order valence-corrected chi connectivity index (χ0v) is 14.2. The van der Waals surface area contributed by atoms with Crippen molar-refractivity contribution in [2.45, 2.75) is 57.5 Å². The summed E-state index contributed by atoms with van der Waals surface area (Å²) >= 11 is 0. The zero-order valence-electron chi connectivity index (χ0n) is 14.2. The predicted octanol–water partition coefficient (Wildman–Crippen LogP) is 3.05. The molecule has 5 heteroatoms. The van der Waals surface area contributed by atoms with Crippen LogP contribution in [0, 0.1) is 0 Å². The molecule has 2 N–H and O–H groups in total. The van der Waals surface area contributed by atoms with Gasteiger partial charge in [0.1, 0.15) is 0 Å². The van der Waals surface area contributed by atoms with Crippen LogP contribution in [0.3, 0.4) is 0 Å². The monoisotopic (exact) mass is 329 g/mol. The van der Waals surface area contributed by atoms with Crippen molar-refractivity contribution in [3.63, 3.8) is 0 Å². The van der Waals surface area contributed by atoms with Gasteiger partial charge in [-0.1, -0.05) is 31.4 Å². The molecule has 3 rings (SSSR count). The summed E-state index contributed by atoms with van der Waals surface area (Å²) in [5.74, 6) is 0.113. The van der Waals surface area contributed by atoms with E-state index in [2.05, 4.69) is 10.6 Å². The maximum Gasteiger partial charge on any atom is 0.315 e. The van der Waals surface area contributed by atoms with Crippen LogP contribution in [-0.2, 0) is 6.54 Å². The van der Waals surface area contributed by atoms with E-state index in [-0.39, 0.29) is 11.9 Å². The minimum Gasteiger partial charge on any atom is -0.339 e. The molecule has 1 saturated heterocycles. The summed E-state index contributed by atoms with van der Waals surface area (Å²) in [6, 6.07) is 7.78. The van der Waals surface area contributed by atoms with Crippen LogP contribution in [0.4, 0.5) is 4.79 Å². The highest BCUT2D eigenvalue weighted by atomic mass is 16.2. The number of carbonyl (C=O) groups excluding carboxylic acids is 2. The summed E-state index contributed by atoms with van der Waals surface area (Å²) in [7, 11) is 0.